The number of hydrogen-bond donors (Lipinski definition) is 1. The molecule has 1 amide bonds. The number of aryl methyl sites for hydroxylation is 1. The summed E-state index contributed by atoms with van der Waals surface area (Å²) in [4.78, 5) is 12.6. The van der Waals surface area contributed by atoms with Gasteiger partial charge in [-0.3, -0.25) is 9.36 Å². The summed E-state index contributed by atoms with van der Waals surface area (Å²) in [6, 6.07) is 19.1. The number of hydrazone groups is 1. The number of amides is 1. The van der Waals surface area contributed by atoms with Crippen LogP contribution < -0.4 is 24.4 Å². The average molecular weight is 548 g/mol. The zero-order valence-corrected chi connectivity index (χ0v) is 23.1. The van der Waals surface area contributed by atoms with Gasteiger partial charge in [-0.25, -0.2) is 5.43 Å². The summed E-state index contributed by atoms with van der Waals surface area (Å²) in [5.41, 5.74) is 6.12. The van der Waals surface area contributed by atoms with Gasteiger partial charge in [0.2, 0.25) is 5.75 Å². The molecular weight excluding hydrogens is 518 g/mol. The summed E-state index contributed by atoms with van der Waals surface area (Å²) in [5, 5.41) is 13.4. The van der Waals surface area contributed by atoms with Gasteiger partial charge in [0.25, 0.3) is 5.91 Å². The number of aromatic nitrogens is 3. The molecule has 4 rings (SSSR count). The molecule has 202 valence electrons. The van der Waals surface area contributed by atoms with Crippen LogP contribution in [0.25, 0.3) is 17.1 Å². The molecule has 39 heavy (non-hydrogen) atoms. The minimum atomic E-state index is -0.301. The first kappa shape index (κ1) is 27.5. The Morgan fingerprint density at radius 2 is 1.59 bits per heavy atom. The normalized spacial score (nSPS) is 10.9. The van der Waals surface area contributed by atoms with E-state index in [2.05, 4.69) is 20.7 Å². The molecule has 1 heterocycles. The molecule has 0 saturated heterocycles. The minimum absolute atomic E-state index is 0.0782. The van der Waals surface area contributed by atoms with Crippen LogP contribution in [-0.4, -0.2) is 61.1 Å². The summed E-state index contributed by atoms with van der Waals surface area (Å²) in [7, 11) is 6.22. The van der Waals surface area contributed by atoms with Gasteiger partial charge in [-0.2, -0.15) is 5.10 Å². The third kappa shape index (κ3) is 6.50. The molecule has 0 atom stereocenters. The number of methoxy groups -OCH3 is 4. The Morgan fingerprint density at radius 3 is 2.18 bits per heavy atom. The second-order valence-corrected chi connectivity index (χ2v) is 9.19. The van der Waals surface area contributed by atoms with Crippen molar-refractivity contribution in [2.45, 2.75) is 12.1 Å². The van der Waals surface area contributed by atoms with E-state index in [1.165, 1.54) is 39.3 Å². The molecule has 0 saturated carbocycles. The highest BCUT2D eigenvalue weighted by atomic mass is 32.2. The van der Waals surface area contributed by atoms with Crippen molar-refractivity contribution in [1.29, 1.82) is 0 Å². The molecule has 0 aliphatic carbocycles. The Morgan fingerprint density at radius 1 is 0.923 bits per heavy atom. The molecule has 3 aromatic carbocycles. The van der Waals surface area contributed by atoms with Crippen molar-refractivity contribution < 1.29 is 23.7 Å². The topological polar surface area (TPSA) is 109 Å². The van der Waals surface area contributed by atoms with Crippen molar-refractivity contribution >= 4 is 23.9 Å². The highest BCUT2D eigenvalue weighted by molar-refractivity contribution is 7.99. The Bertz CT molecular complexity index is 1430. The van der Waals surface area contributed by atoms with Crippen LogP contribution in [0.1, 0.15) is 11.1 Å². The van der Waals surface area contributed by atoms with Gasteiger partial charge in [-0.1, -0.05) is 41.6 Å². The van der Waals surface area contributed by atoms with Gasteiger partial charge < -0.3 is 18.9 Å². The molecule has 1 aromatic heterocycles. The van der Waals surface area contributed by atoms with E-state index in [1.807, 2.05) is 60.0 Å². The lowest BCUT2D eigenvalue weighted by Crippen LogP contribution is -2.20. The lowest BCUT2D eigenvalue weighted by Gasteiger charge is -2.12. The van der Waals surface area contributed by atoms with E-state index < -0.39 is 0 Å². The summed E-state index contributed by atoms with van der Waals surface area (Å²) in [6.07, 6.45) is 1.50. The monoisotopic (exact) mass is 547 g/mol. The van der Waals surface area contributed by atoms with Gasteiger partial charge in [0.1, 0.15) is 5.75 Å². The first-order valence-corrected chi connectivity index (χ1v) is 12.9. The number of benzene rings is 3. The van der Waals surface area contributed by atoms with Gasteiger partial charge in [0.05, 0.1) is 40.4 Å². The van der Waals surface area contributed by atoms with Gasteiger partial charge in [-0.05, 0) is 43.3 Å². The molecule has 10 nitrogen and oxygen atoms in total. The summed E-state index contributed by atoms with van der Waals surface area (Å²) >= 11 is 1.26. The number of thioether (sulfide) groups is 1. The largest absolute Gasteiger partial charge is 0.497 e. The van der Waals surface area contributed by atoms with Crippen LogP contribution in [0.3, 0.4) is 0 Å². The zero-order valence-electron chi connectivity index (χ0n) is 22.3. The zero-order chi connectivity index (χ0) is 27.8. The Hall–Kier alpha value is -4.51. The van der Waals surface area contributed by atoms with Crippen molar-refractivity contribution in [3.63, 3.8) is 0 Å². The van der Waals surface area contributed by atoms with Crippen LogP contribution in [0, 0.1) is 6.92 Å². The van der Waals surface area contributed by atoms with E-state index in [1.54, 1.807) is 19.2 Å². The molecule has 0 unspecified atom stereocenters. The maximum absolute atomic E-state index is 12.6. The van der Waals surface area contributed by atoms with Crippen LogP contribution in [-0.2, 0) is 4.79 Å². The van der Waals surface area contributed by atoms with Gasteiger partial charge in [-0.15, -0.1) is 10.2 Å². The molecule has 0 radical (unpaired) electrons. The molecule has 0 bridgehead atoms. The number of carbonyl (C=O) groups is 1. The van der Waals surface area contributed by atoms with Crippen molar-refractivity contribution in [3.8, 4) is 40.1 Å². The number of rotatable bonds is 11. The van der Waals surface area contributed by atoms with Crippen LogP contribution in [0.15, 0.2) is 70.9 Å². The lowest BCUT2D eigenvalue weighted by atomic mass is 10.1. The van der Waals surface area contributed by atoms with E-state index in [0.29, 0.717) is 33.8 Å². The maximum atomic E-state index is 12.6. The van der Waals surface area contributed by atoms with Crippen molar-refractivity contribution in [1.82, 2.24) is 20.2 Å². The number of hydrogen-bond acceptors (Lipinski definition) is 9. The van der Waals surface area contributed by atoms with Crippen LogP contribution in [0.2, 0.25) is 0 Å². The van der Waals surface area contributed by atoms with Gasteiger partial charge in [0, 0.05) is 16.8 Å². The number of carbonyl (C=O) groups excluding carboxylic acids is 1. The third-order valence-corrected chi connectivity index (χ3v) is 6.62. The van der Waals surface area contributed by atoms with Gasteiger partial charge in [0.15, 0.2) is 22.5 Å². The SMILES string of the molecule is COc1ccc(-n2c(SCC(=O)NN=Cc3cc(OC)c(OC)c(OC)c3)nnc2-c2ccc(C)cc2)cc1. The van der Waals surface area contributed by atoms with Gasteiger partial charge >= 0.3 is 0 Å². The van der Waals surface area contributed by atoms with Crippen LogP contribution in [0.5, 0.6) is 23.0 Å². The van der Waals surface area contributed by atoms with E-state index >= 15 is 0 Å². The van der Waals surface area contributed by atoms with Crippen molar-refractivity contribution in [3.05, 3.63) is 71.8 Å². The highest BCUT2D eigenvalue weighted by Gasteiger charge is 2.18. The Kier molecular flexibility index (Phi) is 9.06. The quantitative estimate of drug-likeness (QED) is 0.166. The fourth-order valence-corrected chi connectivity index (χ4v) is 4.48. The number of ether oxygens (including phenoxy) is 4. The summed E-state index contributed by atoms with van der Waals surface area (Å²) in [6.45, 7) is 2.03. The van der Waals surface area contributed by atoms with E-state index in [-0.39, 0.29) is 11.7 Å². The summed E-state index contributed by atoms with van der Waals surface area (Å²) in [5.74, 6) is 2.64. The minimum Gasteiger partial charge on any atom is -0.497 e. The second-order valence-electron chi connectivity index (χ2n) is 8.25. The standard InChI is InChI=1S/C28H29N5O5S/c1-18-6-8-20(9-7-18)27-31-32-28(33(27)21-10-12-22(35-2)13-11-21)39-17-25(34)30-29-16-19-14-23(36-3)26(38-5)24(15-19)37-4/h6-16H,17H2,1-5H3,(H,30,34). The predicted octanol–water partition coefficient (Wildman–Crippen LogP) is 4.52. The van der Waals surface area contributed by atoms with E-state index in [4.69, 9.17) is 18.9 Å². The third-order valence-electron chi connectivity index (χ3n) is 5.70. The molecular formula is C28H29N5O5S. The van der Waals surface area contributed by atoms with Crippen LogP contribution >= 0.6 is 11.8 Å². The fraction of sp³-hybridized carbons (Fsp3) is 0.214. The highest BCUT2D eigenvalue weighted by Crippen LogP contribution is 2.37. The molecule has 0 aliphatic heterocycles. The first-order chi connectivity index (χ1) is 19.0. The molecule has 4 aromatic rings. The number of nitrogens with one attached hydrogen (secondary N) is 1. The predicted molar refractivity (Wildman–Crippen MR) is 151 cm³/mol. The second kappa shape index (κ2) is 12.8. The Balaban J connectivity index is 1.50. The molecule has 11 heteroatoms. The molecule has 0 fully saturated rings. The molecule has 0 spiro atoms. The van der Waals surface area contributed by atoms with Crippen molar-refractivity contribution in [2.24, 2.45) is 5.10 Å². The first-order valence-electron chi connectivity index (χ1n) is 11.9. The number of nitrogens with zero attached hydrogens (tertiary/aromatic N) is 4. The summed E-state index contributed by atoms with van der Waals surface area (Å²) < 4.78 is 23.3. The molecule has 1 N–H and O–H groups in total. The van der Waals surface area contributed by atoms with Crippen LogP contribution in [0.4, 0.5) is 0 Å². The van der Waals surface area contributed by atoms with E-state index in [9.17, 15) is 4.79 Å². The smallest absolute Gasteiger partial charge is 0.250 e. The van der Waals surface area contributed by atoms with E-state index in [0.717, 1.165) is 22.6 Å². The van der Waals surface area contributed by atoms with Crippen molar-refractivity contribution in [2.75, 3.05) is 34.2 Å². The maximum Gasteiger partial charge on any atom is 0.250 e. The lowest BCUT2D eigenvalue weighted by molar-refractivity contribution is -0.118. The molecule has 0 aliphatic rings. The Labute approximate surface area is 231 Å². The fourth-order valence-electron chi connectivity index (χ4n) is 3.73. The average Bonchev–Trinajstić information content (AvgIpc) is 3.39.